The zero-order chi connectivity index (χ0) is 12.8. The molecular weight excluding hydrogens is 226 g/mol. The molecule has 1 heterocycles. The molecule has 1 saturated carbocycles. The minimum absolute atomic E-state index is 0.0953. The van der Waals surface area contributed by atoms with E-state index in [2.05, 4.69) is 17.6 Å². The Morgan fingerprint density at radius 2 is 2.28 bits per heavy atom. The van der Waals surface area contributed by atoms with Crippen LogP contribution < -0.4 is 10.6 Å². The van der Waals surface area contributed by atoms with Gasteiger partial charge in [-0.25, -0.2) is 4.79 Å². The lowest BCUT2D eigenvalue weighted by Gasteiger charge is -2.26. The third kappa shape index (κ3) is 4.16. The molecule has 1 aliphatic heterocycles. The zero-order valence-electron chi connectivity index (χ0n) is 11.6. The monoisotopic (exact) mass is 253 g/mol. The number of carbonyl (C=O) groups excluding carboxylic acids is 1. The molecule has 2 rings (SSSR count). The molecule has 1 saturated heterocycles. The van der Waals surface area contributed by atoms with Gasteiger partial charge in [0.1, 0.15) is 0 Å². The molecule has 18 heavy (non-hydrogen) atoms. The van der Waals surface area contributed by atoms with Crippen LogP contribution in [0.4, 0.5) is 4.79 Å². The summed E-state index contributed by atoms with van der Waals surface area (Å²) in [6, 6.07) is 0.0953. The highest BCUT2D eigenvalue weighted by molar-refractivity contribution is 5.76. The molecular formula is C14H27N3O. The second kappa shape index (κ2) is 6.98. The van der Waals surface area contributed by atoms with Crippen LogP contribution in [0.1, 0.15) is 39.0 Å². The molecule has 2 N–H and O–H groups in total. The largest absolute Gasteiger partial charge is 0.336 e. The molecule has 0 bridgehead atoms. The topological polar surface area (TPSA) is 44.4 Å². The van der Waals surface area contributed by atoms with E-state index in [1.54, 1.807) is 0 Å². The number of rotatable bonds is 6. The molecule has 0 radical (unpaired) electrons. The highest BCUT2D eigenvalue weighted by Gasteiger charge is 2.19. The number of nitrogens with one attached hydrogen (secondary N) is 2. The van der Waals surface area contributed by atoms with E-state index in [-0.39, 0.29) is 6.03 Å². The van der Waals surface area contributed by atoms with Crippen molar-refractivity contribution < 1.29 is 4.79 Å². The minimum atomic E-state index is 0.0953. The van der Waals surface area contributed by atoms with Gasteiger partial charge in [-0.3, -0.25) is 0 Å². The van der Waals surface area contributed by atoms with Crippen LogP contribution in [0.15, 0.2) is 0 Å². The predicted molar refractivity (Wildman–Crippen MR) is 73.6 cm³/mol. The molecule has 2 atom stereocenters. The average Bonchev–Trinajstić information content (AvgIpc) is 2.75. The SMILES string of the molecule is CC1CCCC(CCNCCN2CCNC2=O)C1. The van der Waals surface area contributed by atoms with Crippen molar-refractivity contribution >= 4 is 6.03 Å². The van der Waals surface area contributed by atoms with Gasteiger partial charge in [0, 0.05) is 26.2 Å². The predicted octanol–water partition coefficient (Wildman–Crippen LogP) is 1.82. The number of urea groups is 1. The van der Waals surface area contributed by atoms with E-state index in [4.69, 9.17) is 0 Å². The van der Waals surface area contributed by atoms with Gasteiger partial charge in [-0.15, -0.1) is 0 Å². The normalized spacial score (nSPS) is 28.5. The fraction of sp³-hybridized carbons (Fsp3) is 0.929. The molecule has 2 amide bonds. The van der Waals surface area contributed by atoms with Crippen molar-refractivity contribution in [2.24, 2.45) is 11.8 Å². The van der Waals surface area contributed by atoms with Gasteiger partial charge in [-0.05, 0) is 31.2 Å². The molecule has 0 aromatic rings. The molecule has 0 aromatic carbocycles. The summed E-state index contributed by atoms with van der Waals surface area (Å²) in [6.45, 7) is 6.92. The average molecular weight is 253 g/mol. The first-order valence-electron chi connectivity index (χ1n) is 7.49. The molecule has 1 aliphatic carbocycles. The van der Waals surface area contributed by atoms with Gasteiger partial charge in [0.25, 0.3) is 0 Å². The van der Waals surface area contributed by atoms with Gasteiger partial charge in [0.2, 0.25) is 0 Å². The molecule has 0 spiro atoms. The summed E-state index contributed by atoms with van der Waals surface area (Å²) in [5, 5.41) is 6.30. The number of carbonyl (C=O) groups is 1. The van der Waals surface area contributed by atoms with E-state index in [0.29, 0.717) is 0 Å². The van der Waals surface area contributed by atoms with Crippen LogP contribution in [0, 0.1) is 11.8 Å². The van der Waals surface area contributed by atoms with E-state index in [1.165, 1.54) is 32.1 Å². The first kappa shape index (κ1) is 13.7. The summed E-state index contributed by atoms with van der Waals surface area (Å²) in [7, 11) is 0. The van der Waals surface area contributed by atoms with Crippen LogP contribution in [0.5, 0.6) is 0 Å². The third-order valence-corrected chi connectivity index (χ3v) is 4.28. The lowest BCUT2D eigenvalue weighted by molar-refractivity contribution is 0.217. The molecule has 4 nitrogen and oxygen atoms in total. The Morgan fingerprint density at radius 3 is 3.00 bits per heavy atom. The second-order valence-corrected chi connectivity index (χ2v) is 5.90. The summed E-state index contributed by atoms with van der Waals surface area (Å²) in [6.07, 6.45) is 6.97. The molecule has 4 heteroatoms. The third-order valence-electron chi connectivity index (χ3n) is 4.28. The number of amides is 2. The molecule has 104 valence electrons. The van der Waals surface area contributed by atoms with Crippen LogP contribution in [0.2, 0.25) is 0 Å². The van der Waals surface area contributed by atoms with Crippen LogP contribution in [-0.4, -0.2) is 43.7 Å². The van der Waals surface area contributed by atoms with Gasteiger partial charge in [-0.2, -0.15) is 0 Å². The Labute approximate surface area is 110 Å². The maximum absolute atomic E-state index is 11.3. The molecule has 0 aromatic heterocycles. The standard InChI is InChI=1S/C14H27N3O/c1-12-3-2-4-13(11-12)5-6-15-7-9-17-10-8-16-14(17)18/h12-13,15H,2-11H2,1H3,(H,16,18). The van der Waals surface area contributed by atoms with Crippen LogP contribution in [0.3, 0.4) is 0 Å². The Bertz CT molecular complexity index is 270. The van der Waals surface area contributed by atoms with Crippen molar-refractivity contribution in [3.8, 4) is 0 Å². The summed E-state index contributed by atoms with van der Waals surface area (Å²) in [5.41, 5.74) is 0. The minimum Gasteiger partial charge on any atom is -0.336 e. The van der Waals surface area contributed by atoms with Crippen LogP contribution in [-0.2, 0) is 0 Å². The van der Waals surface area contributed by atoms with Crippen LogP contribution >= 0.6 is 0 Å². The van der Waals surface area contributed by atoms with Gasteiger partial charge < -0.3 is 15.5 Å². The summed E-state index contributed by atoms with van der Waals surface area (Å²) in [4.78, 5) is 13.2. The smallest absolute Gasteiger partial charge is 0.317 e. The first-order chi connectivity index (χ1) is 8.75. The van der Waals surface area contributed by atoms with E-state index < -0.39 is 0 Å². The molecule has 2 fully saturated rings. The fourth-order valence-corrected chi connectivity index (χ4v) is 3.19. The fourth-order valence-electron chi connectivity index (χ4n) is 3.19. The van der Waals surface area contributed by atoms with Gasteiger partial charge in [0.05, 0.1) is 0 Å². The van der Waals surface area contributed by atoms with Crippen molar-refractivity contribution in [1.29, 1.82) is 0 Å². The van der Waals surface area contributed by atoms with Crippen molar-refractivity contribution in [2.75, 3.05) is 32.7 Å². The van der Waals surface area contributed by atoms with Gasteiger partial charge in [-0.1, -0.05) is 26.2 Å². The van der Waals surface area contributed by atoms with E-state index in [1.807, 2.05) is 4.90 Å². The lowest BCUT2D eigenvalue weighted by atomic mass is 9.81. The summed E-state index contributed by atoms with van der Waals surface area (Å²) >= 11 is 0. The maximum Gasteiger partial charge on any atom is 0.317 e. The van der Waals surface area contributed by atoms with E-state index in [9.17, 15) is 4.79 Å². The quantitative estimate of drug-likeness (QED) is 0.709. The maximum atomic E-state index is 11.3. The molecule has 2 unspecified atom stereocenters. The first-order valence-corrected chi connectivity index (χ1v) is 7.49. The number of hydrogen-bond donors (Lipinski definition) is 2. The number of hydrogen-bond acceptors (Lipinski definition) is 2. The number of nitrogens with zero attached hydrogens (tertiary/aromatic N) is 1. The molecule has 2 aliphatic rings. The van der Waals surface area contributed by atoms with E-state index >= 15 is 0 Å². The van der Waals surface area contributed by atoms with Gasteiger partial charge in [0.15, 0.2) is 0 Å². The van der Waals surface area contributed by atoms with Crippen molar-refractivity contribution in [3.63, 3.8) is 0 Å². The van der Waals surface area contributed by atoms with Crippen LogP contribution in [0.25, 0.3) is 0 Å². The highest BCUT2D eigenvalue weighted by atomic mass is 16.2. The van der Waals surface area contributed by atoms with Gasteiger partial charge >= 0.3 is 6.03 Å². The van der Waals surface area contributed by atoms with Crippen molar-refractivity contribution in [2.45, 2.75) is 39.0 Å². The lowest BCUT2D eigenvalue weighted by Crippen LogP contribution is -2.35. The Morgan fingerprint density at radius 1 is 1.39 bits per heavy atom. The van der Waals surface area contributed by atoms with Crippen molar-refractivity contribution in [1.82, 2.24) is 15.5 Å². The summed E-state index contributed by atoms with van der Waals surface area (Å²) < 4.78 is 0. The van der Waals surface area contributed by atoms with Crippen molar-refractivity contribution in [3.05, 3.63) is 0 Å². The Hall–Kier alpha value is -0.770. The second-order valence-electron chi connectivity index (χ2n) is 5.90. The Balaban J connectivity index is 1.49. The highest BCUT2D eigenvalue weighted by Crippen LogP contribution is 2.30. The van der Waals surface area contributed by atoms with E-state index in [0.717, 1.165) is 44.6 Å². The summed E-state index contributed by atoms with van der Waals surface area (Å²) in [5.74, 6) is 1.85. The zero-order valence-corrected chi connectivity index (χ0v) is 11.6. The Kier molecular flexibility index (Phi) is 5.29.